The van der Waals surface area contributed by atoms with Gasteiger partial charge in [-0.2, -0.15) is 0 Å². The van der Waals surface area contributed by atoms with Gasteiger partial charge in [0, 0.05) is 64.1 Å². The van der Waals surface area contributed by atoms with Crippen LogP contribution >= 0.6 is 11.3 Å². The Morgan fingerprint density at radius 3 is 1.89 bits per heavy atom. The molecule has 6 heteroatoms. The van der Waals surface area contributed by atoms with Crippen molar-refractivity contribution in [3.8, 4) is 51.0 Å². The molecular weight excluding hydrogens is 813 g/mol. The van der Waals surface area contributed by atoms with Crippen LogP contribution in [-0.2, 0) is 0 Å². The fourth-order valence-electron chi connectivity index (χ4n) is 10.1. The van der Waals surface area contributed by atoms with Crippen LogP contribution in [0.3, 0.4) is 0 Å². The van der Waals surface area contributed by atoms with Crippen molar-refractivity contribution in [2.24, 2.45) is 0 Å². The van der Waals surface area contributed by atoms with Gasteiger partial charge in [-0.05, 0) is 93.3 Å². The van der Waals surface area contributed by atoms with Crippen molar-refractivity contribution in [3.05, 3.63) is 206 Å². The van der Waals surface area contributed by atoms with E-state index < -0.39 is 0 Å². The van der Waals surface area contributed by atoms with E-state index in [-0.39, 0.29) is 0 Å². The number of furan rings is 1. The molecule has 10 aromatic carbocycles. The first-order valence-corrected chi connectivity index (χ1v) is 22.7. The molecule has 0 amide bonds. The topological polar surface area (TPSA) is 56.7 Å². The number of hydrogen-bond donors (Lipinski definition) is 0. The summed E-state index contributed by atoms with van der Waals surface area (Å²) in [5.74, 6) is 1.84. The number of para-hydroxylation sites is 1. The van der Waals surface area contributed by atoms with Crippen LogP contribution in [0.4, 0.5) is 0 Å². The second kappa shape index (κ2) is 14.0. The molecule has 4 aromatic heterocycles. The van der Waals surface area contributed by atoms with Crippen LogP contribution in [0.1, 0.15) is 0 Å². The zero-order valence-electron chi connectivity index (χ0n) is 34.7. The summed E-state index contributed by atoms with van der Waals surface area (Å²) in [7, 11) is 0. The van der Waals surface area contributed by atoms with Crippen LogP contribution in [0.25, 0.3) is 136 Å². The van der Waals surface area contributed by atoms with E-state index in [4.69, 9.17) is 19.4 Å². The lowest BCUT2D eigenvalue weighted by molar-refractivity contribution is 0.669. The monoisotopic (exact) mass is 846 g/mol. The van der Waals surface area contributed by atoms with Gasteiger partial charge in [0.15, 0.2) is 17.5 Å². The van der Waals surface area contributed by atoms with E-state index in [0.717, 1.165) is 82.6 Å². The van der Waals surface area contributed by atoms with E-state index in [1.165, 1.54) is 36.3 Å². The molecule has 0 N–H and O–H groups in total. The maximum atomic E-state index is 6.70. The smallest absolute Gasteiger partial charge is 0.164 e. The highest BCUT2D eigenvalue weighted by atomic mass is 32.1. The zero-order valence-corrected chi connectivity index (χ0v) is 35.6. The summed E-state index contributed by atoms with van der Waals surface area (Å²) in [6.07, 6.45) is 0. The summed E-state index contributed by atoms with van der Waals surface area (Å²) in [5.41, 5.74) is 9.81. The average Bonchev–Trinajstić information content (AvgIpc) is 4.05. The molecule has 302 valence electrons. The highest BCUT2D eigenvalue weighted by Crippen LogP contribution is 2.45. The van der Waals surface area contributed by atoms with Crippen LogP contribution in [0, 0.1) is 0 Å². The predicted molar refractivity (Wildman–Crippen MR) is 271 cm³/mol. The van der Waals surface area contributed by atoms with Crippen molar-refractivity contribution in [1.29, 1.82) is 0 Å². The number of hydrogen-bond acceptors (Lipinski definition) is 5. The molecule has 0 aliphatic heterocycles. The third-order valence-corrected chi connectivity index (χ3v) is 14.2. The van der Waals surface area contributed by atoms with Gasteiger partial charge in [-0.1, -0.05) is 146 Å². The molecule has 0 bridgehead atoms. The van der Waals surface area contributed by atoms with Gasteiger partial charge in [-0.15, -0.1) is 11.3 Å². The van der Waals surface area contributed by atoms with E-state index in [1.54, 1.807) is 11.3 Å². The van der Waals surface area contributed by atoms with Crippen LogP contribution in [0.2, 0.25) is 0 Å². The SMILES string of the molecule is c1ccc(-c2nc(-c3ccc(-n4c5ccccc5c5cc6ccccc6cc54)cc3-c3cccc4oc5ccc6ccccc6c5c34)nc(-c3cccc4sc5ccccc5c34)n2)cc1. The first kappa shape index (κ1) is 36.1. The minimum Gasteiger partial charge on any atom is -0.456 e. The van der Waals surface area contributed by atoms with Crippen molar-refractivity contribution >= 4 is 96.8 Å². The summed E-state index contributed by atoms with van der Waals surface area (Å²) in [6.45, 7) is 0. The lowest BCUT2D eigenvalue weighted by Crippen LogP contribution is -2.02. The minimum atomic E-state index is 0.592. The van der Waals surface area contributed by atoms with Gasteiger partial charge < -0.3 is 8.98 Å². The predicted octanol–water partition coefficient (Wildman–Crippen LogP) is 16.2. The molecule has 65 heavy (non-hydrogen) atoms. The van der Waals surface area contributed by atoms with Crippen LogP contribution < -0.4 is 0 Å². The van der Waals surface area contributed by atoms with Crippen molar-refractivity contribution in [3.63, 3.8) is 0 Å². The molecule has 0 radical (unpaired) electrons. The molecule has 0 aliphatic rings. The van der Waals surface area contributed by atoms with Crippen molar-refractivity contribution in [1.82, 2.24) is 19.5 Å². The van der Waals surface area contributed by atoms with E-state index in [0.29, 0.717) is 17.5 Å². The molecule has 5 nitrogen and oxygen atoms in total. The third kappa shape index (κ3) is 5.54. The van der Waals surface area contributed by atoms with Crippen molar-refractivity contribution in [2.45, 2.75) is 0 Å². The molecule has 0 spiro atoms. The lowest BCUT2D eigenvalue weighted by atomic mass is 9.93. The highest BCUT2D eigenvalue weighted by molar-refractivity contribution is 7.25. The fourth-order valence-corrected chi connectivity index (χ4v) is 11.3. The van der Waals surface area contributed by atoms with Crippen LogP contribution in [0.15, 0.2) is 211 Å². The Labute approximate surface area is 376 Å². The number of fused-ring (bicyclic) bond motifs is 12. The molecule has 0 saturated carbocycles. The minimum absolute atomic E-state index is 0.592. The van der Waals surface area contributed by atoms with Crippen LogP contribution in [-0.4, -0.2) is 19.5 Å². The standard InChI is InChI=1S/C59H34N4OS/c1-2-15-36(16-3-1)57-60-58(62-59(61-57)45-23-13-27-53-54(45)44-21-9-11-26-52(44)65-53)43-30-29-39(63-48-24-10-8-20-41(48)47-32-37-17-4-5-18-38(37)33-49(47)63)34-46(43)42-22-12-25-50-56(42)55-40-19-7-6-14-35(40)28-31-51(55)64-50/h1-34H. The summed E-state index contributed by atoms with van der Waals surface area (Å²) in [4.78, 5) is 16.1. The van der Waals surface area contributed by atoms with Gasteiger partial charge in [0.2, 0.25) is 0 Å². The Morgan fingerprint density at radius 2 is 1.02 bits per heavy atom. The molecule has 0 saturated heterocycles. The molecular formula is C59H34N4OS. The molecule has 0 unspecified atom stereocenters. The Bertz CT molecular complexity index is 4260. The normalized spacial score (nSPS) is 12.0. The van der Waals surface area contributed by atoms with Crippen LogP contribution in [0.5, 0.6) is 0 Å². The number of thiophene rings is 1. The number of rotatable bonds is 5. The molecule has 14 aromatic rings. The Kier molecular flexibility index (Phi) is 7.79. The maximum absolute atomic E-state index is 6.70. The quantitative estimate of drug-likeness (QED) is 0.173. The van der Waals surface area contributed by atoms with E-state index in [2.05, 4.69) is 193 Å². The number of benzene rings is 10. The summed E-state index contributed by atoms with van der Waals surface area (Å²) < 4.78 is 11.5. The van der Waals surface area contributed by atoms with Gasteiger partial charge in [0.25, 0.3) is 0 Å². The largest absolute Gasteiger partial charge is 0.456 e. The molecule has 0 atom stereocenters. The van der Waals surface area contributed by atoms with Gasteiger partial charge in [-0.25, -0.2) is 15.0 Å². The second-order valence-electron chi connectivity index (χ2n) is 16.7. The van der Waals surface area contributed by atoms with Gasteiger partial charge in [-0.3, -0.25) is 0 Å². The summed E-state index contributed by atoms with van der Waals surface area (Å²) in [5, 5.41) is 11.6. The van der Waals surface area contributed by atoms with Gasteiger partial charge in [0.1, 0.15) is 11.2 Å². The first-order chi connectivity index (χ1) is 32.2. The molecule has 0 aliphatic carbocycles. The first-order valence-electron chi connectivity index (χ1n) is 21.8. The number of nitrogens with zero attached hydrogens (tertiary/aromatic N) is 4. The third-order valence-electron chi connectivity index (χ3n) is 13.0. The Hall–Kier alpha value is -8.45. The van der Waals surface area contributed by atoms with Gasteiger partial charge >= 0.3 is 0 Å². The lowest BCUT2D eigenvalue weighted by Gasteiger charge is -2.16. The fraction of sp³-hybridized carbons (Fsp3) is 0. The van der Waals surface area contributed by atoms with E-state index in [1.807, 2.05) is 18.2 Å². The summed E-state index contributed by atoms with van der Waals surface area (Å²) in [6, 6.07) is 73.3. The van der Waals surface area contributed by atoms with E-state index >= 15 is 0 Å². The highest BCUT2D eigenvalue weighted by Gasteiger charge is 2.23. The second-order valence-corrected chi connectivity index (χ2v) is 17.8. The summed E-state index contributed by atoms with van der Waals surface area (Å²) >= 11 is 1.79. The maximum Gasteiger partial charge on any atom is 0.164 e. The van der Waals surface area contributed by atoms with Crippen molar-refractivity contribution < 1.29 is 4.42 Å². The average molecular weight is 847 g/mol. The Morgan fingerprint density at radius 1 is 0.354 bits per heavy atom. The molecule has 4 heterocycles. The van der Waals surface area contributed by atoms with E-state index in [9.17, 15) is 0 Å². The molecule has 0 fully saturated rings. The Balaban J connectivity index is 1.10. The van der Waals surface area contributed by atoms with Crippen molar-refractivity contribution in [2.75, 3.05) is 0 Å². The number of aromatic nitrogens is 4. The van der Waals surface area contributed by atoms with Gasteiger partial charge in [0.05, 0.1) is 11.0 Å². The zero-order chi connectivity index (χ0) is 42.6. The molecule has 14 rings (SSSR count).